The van der Waals surface area contributed by atoms with Gasteiger partial charge in [-0.1, -0.05) is 32.6 Å². The Labute approximate surface area is 180 Å². The zero-order valence-electron chi connectivity index (χ0n) is 19.3. The van der Waals surface area contributed by atoms with Crippen LogP contribution in [0, 0.1) is 0 Å². The molecule has 0 saturated carbocycles. The van der Waals surface area contributed by atoms with Crippen LogP contribution in [-0.2, 0) is 38.1 Å². The summed E-state index contributed by atoms with van der Waals surface area (Å²) in [5.41, 5.74) is -2.24. The lowest BCUT2D eigenvalue weighted by atomic mass is 10.0. The molecule has 176 valence electrons. The normalized spacial score (nSPS) is 13.4. The fraction of sp³-hybridized carbons (Fsp3) is 0.857. The third-order valence-corrected chi connectivity index (χ3v) is 3.89. The van der Waals surface area contributed by atoms with Crippen molar-refractivity contribution in [2.45, 2.75) is 84.3 Å². The molecule has 0 aliphatic carbocycles. The third-order valence-electron chi connectivity index (χ3n) is 3.89. The molecule has 30 heavy (non-hydrogen) atoms. The molecule has 9 heteroatoms. The first kappa shape index (κ1) is 28.3. The van der Waals surface area contributed by atoms with Gasteiger partial charge in [-0.3, -0.25) is 9.59 Å². The van der Waals surface area contributed by atoms with E-state index in [0.717, 1.165) is 32.1 Å². The molecule has 0 heterocycles. The first-order valence-corrected chi connectivity index (χ1v) is 10.4. The molecular formula is C21H39NO8. The Hall–Kier alpha value is -1.71. The van der Waals surface area contributed by atoms with Gasteiger partial charge in [0.15, 0.2) is 0 Å². The Morgan fingerprint density at radius 3 is 2.13 bits per heavy atom. The van der Waals surface area contributed by atoms with Gasteiger partial charge in [-0.25, -0.2) is 4.79 Å². The molecule has 1 amide bonds. The van der Waals surface area contributed by atoms with Crippen LogP contribution in [0.15, 0.2) is 0 Å². The number of nitrogens with one attached hydrogen (secondary N) is 1. The van der Waals surface area contributed by atoms with E-state index in [-0.39, 0.29) is 26.6 Å². The van der Waals surface area contributed by atoms with E-state index >= 15 is 0 Å². The van der Waals surface area contributed by atoms with Gasteiger partial charge in [0.25, 0.3) is 5.91 Å². The highest BCUT2D eigenvalue weighted by Crippen LogP contribution is 2.16. The summed E-state index contributed by atoms with van der Waals surface area (Å²) < 4.78 is 25.2. The maximum Gasteiger partial charge on any atom is 0.333 e. The number of carbonyl (C=O) groups is 3. The number of hydrogen-bond donors (Lipinski definition) is 1. The van der Waals surface area contributed by atoms with Crippen LogP contribution in [-0.4, -0.2) is 62.9 Å². The number of ether oxygens (including phenoxy) is 5. The van der Waals surface area contributed by atoms with Crippen molar-refractivity contribution in [2.24, 2.45) is 0 Å². The van der Waals surface area contributed by atoms with Crippen LogP contribution in [0.3, 0.4) is 0 Å². The summed E-state index contributed by atoms with van der Waals surface area (Å²) in [6.45, 7) is 7.97. The number of amides is 1. The van der Waals surface area contributed by atoms with Crippen molar-refractivity contribution < 1.29 is 38.1 Å². The van der Waals surface area contributed by atoms with Crippen molar-refractivity contribution in [1.29, 1.82) is 0 Å². The van der Waals surface area contributed by atoms with Gasteiger partial charge in [0.05, 0.1) is 0 Å². The standard InChI is InChI=1S/C21H39NO8/c1-7-8-9-10-11-12-17(23)29-14-21(5,19(25)22-20(2,3)4)30-18(24)13-27-16-28-15-26-6/h7-16H2,1-6H3,(H,22,25). The van der Waals surface area contributed by atoms with Gasteiger partial charge in [0.2, 0.25) is 5.60 Å². The average molecular weight is 434 g/mol. The molecule has 9 nitrogen and oxygen atoms in total. The highest BCUT2D eigenvalue weighted by molar-refractivity contribution is 5.88. The Bertz CT molecular complexity index is 518. The molecule has 1 unspecified atom stereocenters. The van der Waals surface area contributed by atoms with Crippen LogP contribution in [0.4, 0.5) is 0 Å². The van der Waals surface area contributed by atoms with Crippen molar-refractivity contribution in [2.75, 3.05) is 33.9 Å². The van der Waals surface area contributed by atoms with Gasteiger partial charge in [0, 0.05) is 19.1 Å². The smallest absolute Gasteiger partial charge is 0.333 e. The molecular weight excluding hydrogens is 394 g/mol. The summed E-state index contributed by atoms with van der Waals surface area (Å²) in [5, 5.41) is 2.75. The second-order valence-electron chi connectivity index (χ2n) is 8.31. The van der Waals surface area contributed by atoms with E-state index in [0.29, 0.717) is 0 Å². The lowest BCUT2D eigenvalue weighted by Gasteiger charge is -2.31. The molecule has 1 atom stereocenters. The van der Waals surface area contributed by atoms with Crippen LogP contribution >= 0.6 is 0 Å². The Balaban J connectivity index is 4.74. The second kappa shape index (κ2) is 15.1. The second-order valence-corrected chi connectivity index (χ2v) is 8.31. The first-order valence-electron chi connectivity index (χ1n) is 10.4. The SMILES string of the molecule is CCCCCCCC(=O)OCC(C)(OC(=O)COCOCOC)C(=O)NC(C)(C)C. The Morgan fingerprint density at radius 2 is 1.53 bits per heavy atom. The molecule has 0 saturated heterocycles. The van der Waals surface area contributed by atoms with Crippen molar-refractivity contribution in [3.63, 3.8) is 0 Å². The lowest BCUT2D eigenvalue weighted by Crippen LogP contribution is -2.56. The lowest BCUT2D eigenvalue weighted by molar-refractivity contribution is -0.185. The highest BCUT2D eigenvalue weighted by Gasteiger charge is 2.40. The molecule has 0 aliphatic heterocycles. The topological polar surface area (TPSA) is 109 Å². The van der Waals surface area contributed by atoms with Gasteiger partial charge < -0.3 is 29.0 Å². The highest BCUT2D eigenvalue weighted by atomic mass is 16.7. The summed E-state index contributed by atoms with van der Waals surface area (Å²) >= 11 is 0. The molecule has 0 rings (SSSR count). The molecule has 0 bridgehead atoms. The zero-order chi connectivity index (χ0) is 23.0. The third kappa shape index (κ3) is 14.3. The minimum atomic E-state index is -1.68. The molecule has 0 radical (unpaired) electrons. The van der Waals surface area contributed by atoms with Crippen LogP contribution in [0.5, 0.6) is 0 Å². The van der Waals surface area contributed by atoms with Crippen molar-refractivity contribution in [3.05, 3.63) is 0 Å². The number of hydrogen-bond acceptors (Lipinski definition) is 8. The van der Waals surface area contributed by atoms with E-state index in [9.17, 15) is 14.4 Å². The predicted octanol–water partition coefficient (Wildman–Crippen LogP) is 2.70. The number of esters is 2. The van der Waals surface area contributed by atoms with Crippen LogP contribution in [0.25, 0.3) is 0 Å². The molecule has 0 fully saturated rings. The quantitative estimate of drug-likeness (QED) is 0.225. The monoisotopic (exact) mass is 433 g/mol. The van der Waals surface area contributed by atoms with Gasteiger partial charge in [0.1, 0.15) is 26.8 Å². The first-order chi connectivity index (χ1) is 14.0. The summed E-state index contributed by atoms with van der Waals surface area (Å²) in [4.78, 5) is 36.9. The predicted molar refractivity (Wildman–Crippen MR) is 111 cm³/mol. The largest absolute Gasteiger partial charge is 0.461 e. The minimum absolute atomic E-state index is 0.0230. The van der Waals surface area contributed by atoms with Crippen LogP contribution in [0.1, 0.15) is 73.1 Å². The van der Waals surface area contributed by atoms with Crippen molar-refractivity contribution in [3.8, 4) is 0 Å². The van der Waals surface area contributed by atoms with Crippen LogP contribution < -0.4 is 5.32 Å². The summed E-state index contributed by atoms with van der Waals surface area (Å²) in [7, 11) is 1.46. The van der Waals surface area contributed by atoms with Crippen molar-refractivity contribution >= 4 is 17.8 Å². The summed E-state index contributed by atoms with van der Waals surface area (Å²) in [6, 6.07) is 0. The van der Waals surface area contributed by atoms with E-state index in [1.165, 1.54) is 14.0 Å². The average Bonchev–Trinajstić information content (AvgIpc) is 2.64. The van der Waals surface area contributed by atoms with E-state index in [1.807, 2.05) is 0 Å². The van der Waals surface area contributed by atoms with E-state index in [2.05, 4.69) is 17.0 Å². The van der Waals surface area contributed by atoms with Gasteiger partial charge in [-0.2, -0.15) is 0 Å². The maximum atomic E-state index is 12.7. The number of methoxy groups -OCH3 is 1. The van der Waals surface area contributed by atoms with Crippen molar-refractivity contribution in [1.82, 2.24) is 5.32 Å². The number of carbonyl (C=O) groups excluding carboxylic acids is 3. The molecule has 0 aromatic rings. The Morgan fingerprint density at radius 1 is 0.867 bits per heavy atom. The van der Waals surface area contributed by atoms with Gasteiger partial charge in [-0.15, -0.1) is 0 Å². The number of rotatable bonds is 16. The number of unbranched alkanes of at least 4 members (excludes halogenated alkanes) is 4. The molecule has 0 aromatic carbocycles. The van der Waals surface area contributed by atoms with E-state index < -0.39 is 35.6 Å². The van der Waals surface area contributed by atoms with E-state index in [1.54, 1.807) is 20.8 Å². The maximum absolute atomic E-state index is 12.7. The molecule has 1 N–H and O–H groups in total. The molecule has 0 spiro atoms. The summed E-state index contributed by atoms with van der Waals surface area (Å²) in [5.74, 6) is -1.77. The summed E-state index contributed by atoms with van der Waals surface area (Å²) in [6.07, 6.45) is 5.25. The Kier molecular flexibility index (Phi) is 14.3. The molecule has 0 aliphatic rings. The molecule has 0 aromatic heterocycles. The zero-order valence-corrected chi connectivity index (χ0v) is 19.3. The fourth-order valence-electron chi connectivity index (χ4n) is 2.36. The van der Waals surface area contributed by atoms with Gasteiger partial charge >= 0.3 is 11.9 Å². The minimum Gasteiger partial charge on any atom is -0.461 e. The fourth-order valence-corrected chi connectivity index (χ4v) is 2.36. The van der Waals surface area contributed by atoms with Crippen LogP contribution in [0.2, 0.25) is 0 Å². The van der Waals surface area contributed by atoms with E-state index in [4.69, 9.17) is 18.9 Å². The van der Waals surface area contributed by atoms with Gasteiger partial charge in [-0.05, 0) is 34.1 Å².